The maximum atomic E-state index is 3.82. The van der Waals surface area contributed by atoms with Gasteiger partial charge in [-0.3, -0.25) is 0 Å². The zero-order chi connectivity index (χ0) is 10.9. The van der Waals surface area contributed by atoms with Crippen LogP contribution in [0.1, 0.15) is 33.6 Å². The van der Waals surface area contributed by atoms with E-state index in [-0.39, 0.29) is 0 Å². The van der Waals surface area contributed by atoms with E-state index in [9.17, 15) is 0 Å². The van der Waals surface area contributed by atoms with Crippen LogP contribution in [0.25, 0.3) is 0 Å². The summed E-state index contributed by atoms with van der Waals surface area (Å²) in [7, 11) is 0. The van der Waals surface area contributed by atoms with Gasteiger partial charge in [-0.25, -0.2) is 19.1 Å². The van der Waals surface area contributed by atoms with Crippen LogP contribution in [0.15, 0.2) is 23.8 Å². The molecule has 2 heteroatoms. The summed E-state index contributed by atoms with van der Waals surface area (Å²) >= 11 is 4.25. The van der Waals surface area contributed by atoms with Gasteiger partial charge in [0.1, 0.15) is 0 Å². The van der Waals surface area contributed by atoms with Gasteiger partial charge in [-0.15, -0.1) is 0 Å². The van der Waals surface area contributed by atoms with E-state index in [2.05, 4.69) is 54.0 Å². The Labute approximate surface area is 99.9 Å². The molecule has 0 heterocycles. The van der Waals surface area contributed by atoms with Gasteiger partial charge >= 0.3 is 30.0 Å². The summed E-state index contributed by atoms with van der Waals surface area (Å²) in [5.41, 5.74) is 2.44. The average molecular weight is 297 g/mol. The fourth-order valence-corrected chi connectivity index (χ4v) is 0.826. The first-order valence-corrected chi connectivity index (χ1v) is 11.4. The Morgan fingerprint density at radius 2 is 2.00 bits per heavy atom. The van der Waals surface area contributed by atoms with Crippen LogP contribution in [0.2, 0.25) is 0 Å². The van der Waals surface area contributed by atoms with Crippen molar-refractivity contribution in [2.75, 3.05) is 0 Å². The van der Waals surface area contributed by atoms with Gasteiger partial charge in [0.25, 0.3) is 0 Å². The molecule has 0 amide bonds. The summed E-state index contributed by atoms with van der Waals surface area (Å²) < 4.78 is 0. The van der Waals surface area contributed by atoms with E-state index in [0.29, 0.717) is 5.92 Å². The van der Waals surface area contributed by atoms with Crippen molar-refractivity contribution < 1.29 is 16.3 Å². The van der Waals surface area contributed by atoms with E-state index in [1.807, 2.05) is 0 Å². The predicted octanol–water partition coefficient (Wildman–Crippen LogP) is 4.60. The minimum absolute atomic E-state index is 0.561. The van der Waals surface area contributed by atoms with Gasteiger partial charge in [0.05, 0.1) is 0 Å². The number of halogens is 1. The third-order valence-electron chi connectivity index (χ3n) is 1.85. The zero-order valence-electron chi connectivity index (χ0n) is 9.07. The monoisotopic (exact) mass is 294 g/mol. The number of allylic oxidation sites excluding steroid dienone is 3. The van der Waals surface area contributed by atoms with Crippen molar-refractivity contribution in [3.63, 3.8) is 0 Å². The van der Waals surface area contributed by atoms with Crippen molar-refractivity contribution in [2.24, 2.45) is 5.92 Å². The van der Waals surface area contributed by atoms with E-state index in [1.54, 1.807) is 0 Å². The molecule has 0 N–H and O–H groups in total. The van der Waals surface area contributed by atoms with Crippen LogP contribution in [0, 0.1) is 12.8 Å². The van der Waals surface area contributed by atoms with Gasteiger partial charge in [-0.1, -0.05) is 24.5 Å². The predicted molar refractivity (Wildman–Crippen MR) is 61.3 cm³/mol. The maximum absolute atomic E-state index is 3.82. The third kappa shape index (κ3) is 12.5. The molecule has 0 nitrogen and oxygen atoms in total. The van der Waals surface area contributed by atoms with Crippen LogP contribution < -0.4 is 0 Å². The van der Waals surface area contributed by atoms with Crippen molar-refractivity contribution >= 4 is 13.6 Å². The molecule has 1 atom stereocenters. The van der Waals surface area contributed by atoms with Crippen LogP contribution >= 0.6 is 13.6 Å². The van der Waals surface area contributed by atoms with Gasteiger partial charge in [0, 0.05) is 0 Å². The second-order valence-corrected chi connectivity index (χ2v) is 3.42. The number of hydrogen-bond donors (Lipinski definition) is 0. The second-order valence-electron chi connectivity index (χ2n) is 3.42. The number of rotatable bonds is 4. The van der Waals surface area contributed by atoms with Crippen LogP contribution in [0.4, 0.5) is 0 Å². The van der Waals surface area contributed by atoms with E-state index in [4.69, 9.17) is 0 Å². The molecule has 0 saturated heterocycles. The Balaban J connectivity index is 0. The molecule has 0 fully saturated rings. The van der Waals surface area contributed by atoms with Crippen molar-refractivity contribution in [2.45, 2.75) is 33.6 Å². The summed E-state index contributed by atoms with van der Waals surface area (Å²) in [6, 6.07) is 0. The topological polar surface area (TPSA) is 0 Å². The molecule has 0 spiro atoms. The fraction of sp³-hybridized carbons (Fsp3) is 0.545. The molecule has 0 aliphatic heterocycles. The Morgan fingerprint density at radius 3 is 2.31 bits per heavy atom. The Bertz CT molecular complexity index is 157. The van der Waals surface area contributed by atoms with E-state index < -0.39 is 0 Å². The molecule has 0 aromatic rings. The molecule has 0 aliphatic rings. The molecule has 0 radical (unpaired) electrons. The second kappa shape index (κ2) is 10.5. The van der Waals surface area contributed by atoms with E-state index >= 15 is 0 Å². The molecule has 0 aromatic heterocycles. The molecule has 0 unspecified atom stereocenters. The van der Waals surface area contributed by atoms with Gasteiger partial charge in [-0.05, 0) is 26.7 Å². The summed E-state index contributed by atoms with van der Waals surface area (Å²) in [6.07, 6.45) is 4.59. The first-order chi connectivity index (χ1) is 6.04. The average Bonchev–Trinajstić information content (AvgIpc) is 2.07. The SMILES string of the molecule is C=C([CH2-])[C@H](C)CCC=C(C)C.[Zn+][Br]. The van der Waals surface area contributed by atoms with Gasteiger partial charge in [0.15, 0.2) is 0 Å². The Morgan fingerprint density at radius 1 is 1.54 bits per heavy atom. The fourth-order valence-electron chi connectivity index (χ4n) is 0.826. The summed E-state index contributed by atoms with van der Waals surface area (Å²) in [4.78, 5) is 0. The molecule has 13 heavy (non-hydrogen) atoms. The van der Waals surface area contributed by atoms with Crippen molar-refractivity contribution in [1.29, 1.82) is 0 Å². The first-order valence-electron chi connectivity index (χ1n) is 4.45. The molecule has 0 aliphatic carbocycles. The van der Waals surface area contributed by atoms with Gasteiger partial charge in [0.2, 0.25) is 0 Å². The van der Waals surface area contributed by atoms with Crippen LogP contribution in [-0.4, -0.2) is 0 Å². The summed E-state index contributed by atoms with van der Waals surface area (Å²) in [6.45, 7) is 14.1. The molecule has 72 valence electrons. The molecule has 0 aromatic carbocycles. The minimum atomic E-state index is 0.561. The molecule has 0 saturated carbocycles. The molecule has 0 rings (SSSR count). The summed E-state index contributed by atoms with van der Waals surface area (Å²) in [5, 5.41) is 0. The van der Waals surface area contributed by atoms with Crippen LogP contribution in [0.5, 0.6) is 0 Å². The quantitative estimate of drug-likeness (QED) is 0.404. The molecular weight excluding hydrogens is 277 g/mol. The zero-order valence-corrected chi connectivity index (χ0v) is 13.6. The summed E-state index contributed by atoms with van der Waals surface area (Å²) in [5.74, 6) is 0.561. The van der Waals surface area contributed by atoms with Crippen LogP contribution in [-0.2, 0) is 16.3 Å². The van der Waals surface area contributed by atoms with Crippen molar-refractivity contribution in [3.8, 4) is 0 Å². The van der Waals surface area contributed by atoms with Crippen LogP contribution in [0.3, 0.4) is 0 Å². The molecule has 0 bridgehead atoms. The van der Waals surface area contributed by atoms with Crippen molar-refractivity contribution in [1.82, 2.24) is 0 Å². The third-order valence-corrected chi connectivity index (χ3v) is 1.85. The Hall–Kier alpha value is 0.453. The van der Waals surface area contributed by atoms with Gasteiger partial charge < -0.3 is 0 Å². The van der Waals surface area contributed by atoms with E-state index in [1.165, 1.54) is 28.3 Å². The Kier molecular flexibility index (Phi) is 12.9. The normalized spacial score (nSPS) is 10.9. The van der Waals surface area contributed by atoms with E-state index in [0.717, 1.165) is 12.0 Å². The molecular formula is C11H19BrZn. The van der Waals surface area contributed by atoms with Gasteiger partial charge in [-0.2, -0.15) is 0 Å². The van der Waals surface area contributed by atoms with Crippen molar-refractivity contribution in [3.05, 3.63) is 30.7 Å². The standard InChI is InChI=1S/C11H19.BrH.Zn/c1-9(2)7-6-8-11(5)10(3)4;;/h7,11H,3-4,6,8H2,1-2,5H3;1H;/q-1;;+2/p-1/t11-;;/m1../s1. The first kappa shape index (κ1) is 15.9. The number of hydrogen-bond acceptors (Lipinski definition) is 0.